The average Bonchev–Trinajstić information content (AvgIpc) is 3.16. The molecule has 1 fully saturated rings. The number of esters is 3. The molecule has 1 aliphatic heterocycles. The molecule has 2 aromatic rings. The van der Waals surface area contributed by atoms with E-state index >= 15 is 0 Å². The molecule has 0 aliphatic carbocycles. The number of anilines is 1. The van der Waals surface area contributed by atoms with Gasteiger partial charge in [0.1, 0.15) is 24.6 Å². The van der Waals surface area contributed by atoms with Crippen LogP contribution in [0, 0.1) is 4.64 Å². The smallest absolute Gasteiger partial charge is 0.303 e. The number of nitrogen functional groups attached to an aromatic ring is 1. The first kappa shape index (κ1) is 21.4. The van der Waals surface area contributed by atoms with E-state index in [9.17, 15) is 14.4 Å². The highest BCUT2D eigenvalue weighted by molar-refractivity contribution is 7.71. The molecule has 1 saturated heterocycles. The molecule has 14 heteroatoms. The topological polar surface area (TPSA) is 170 Å². The fourth-order valence-electron chi connectivity index (χ4n) is 2.87. The predicted octanol–water partition coefficient (Wildman–Crippen LogP) is -0.349. The van der Waals surface area contributed by atoms with Gasteiger partial charge in [-0.05, 0) is 0 Å². The molecule has 3 N–H and O–H groups in total. The highest BCUT2D eigenvalue weighted by atomic mass is 32.1. The fraction of sp³-hybridized carbons (Fsp3) is 0.500. The van der Waals surface area contributed by atoms with Crippen molar-refractivity contribution in [3.63, 3.8) is 0 Å². The fourth-order valence-corrected chi connectivity index (χ4v) is 3.12. The van der Waals surface area contributed by atoms with Crippen molar-refractivity contribution in [2.75, 3.05) is 12.3 Å². The molecule has 0 unspecified atom stereocenters. The summed E-state index contributed by atoms with van der Waals surface area (Å²) < 4.78 is 22.5. The van der Waals surface area contributed by atoms with Crippen LogP contribution in [0.4, 0.5) is 5.95 Å². The third-order valence-corrected chi connectivity index (χ3v) is 4.23. The number of ether oxygens (including phenoxy) is 4. The molecule has 0 radical (unpaired) electrons. The lowest BCUT2D eigenvalue weighted by molar-refractivity contribution is -0.189. The van der Waals surface area contributed by atoms with E-state index in [0.29, 0.717) is 5.52 Å². The summed E-state index contributed by atoms with van der Waals surface area (Å²) in [5.74, 6) is -1.84. The number of hydrogen-bond acceptors (Lipinski definition) is 12. The summed E-state index contributed by atoms with van der Waals surface area (Å²) >= 11 is 5.11. The molecular weight excluding hydrogens is 422 g/mol. The van der Waals surface area contributed by atoms with Crippen LogP contribution in [0.25, 0.3) is 11.2 Å². The summed E-state index contributed by atoms with van der Waals surface area (Å²) in [6.07, 6.45) is -3.16. The lowest BCUT2D eigenvalue weighted by Crippen LogP contribution is -2.43. The SMILES string of the molecule is CC(=O)OC[C@H]1O[C@@H](On2cnc3c(=S)nc(N)[nH]c32)[C@H](OC(C)=O)[C@@H]1OC(C)=O. The number of fused-ring (bicyclic) bond motifs is 1. The molecule has 0 bridgehead atoms. The van der Waals surface area contributed by atoms with Crippen molar-refractivity contribution < 1.29 is 38.2 Å². The zero-order valence-electron chi connectivity index (χ0n) is 16.2. The van der Waals surface area contributed by atoms with Crippen molar-refractivity contribution in [3.05, 3.63) is 11.0 Å². The standard InChI is InChI=1S/C16H19N5O8S/c1-6(22)25-4-9-11(26-7(2)23)12(27-8(3)24)15(28-9)29-21-5-18-10-13(21)19-16(17)20-14(10)30/h5,9,11-12,15H,4H2,1-3H3,(H3,17,19,20,30)/t9-,11-,12-,15+/m1/s1. The number of carbonyl (C=O) groups is 3. The van der Waals surface area contributed by atoms with Gasteiger partial charge >= 0.3 is 17.9 Å². The van der Waals surface area contributed by atoms with Crippen molar-refractivity contribution >= 4 is 47.2 Å². The second-order valence-electron chi connectivity index (χ2n) is 6.29. The van der Waals surface area contributed by atoms with Gasteiger partial charge in [-0.25, -0.2) is 9.97 Å². The number of carbonyl (C=O) groups excluding carboxylic acids is 3. The van der Waals surface area contributed by atoms with Crippen LogP contribution in [0.2, 0.25) is 0 Å². The first-order valence-corrected chi connectivity index (χ1v) is 9.09. The van der Waals surface area contributed by atoms with Crippen LogP contribution in [-0.4, -0.2) is 68.8 Å². The normalized spacial score (nSPS) is 23.2. The highest BCUT2D eigenvalue weighted by Gasteiger charge is 2.51. The minimum Gasteiger partial charge on any atom is -0.463 e. The van der Waals surface area contributed by atoms with Gasteiger partial charge in [0.25, 0.3) is 6.29 Å². The minimum atomic E-state index is -1.24. The van der Waals surface area contributed by atoms with E-state index in [0.717, 1.165) is 0 Å². The molecule has 0 aromatic carbocycles. The van der Waals surface area contributed by atoms with Crippen LogP contribution in [0.15, 0.2) is 6.33 Å². The van der Waals surface area contributed by atoms with Gasteiger partial charge in [-0.15, -0.1) is 0 Å². The maximum absolute atomic E-state index is 11.6. The Kier molecular flexibility index (Phi) is 6.17. The lowest BCUT2D eigenvalue weighted by Gasteiger charge is -2.23. The zero-order chi connectivity index (χ0) is 22.0. The first-order valence-electron chi connectivity index (χ1n) is 8.69. The number of aromatic amines is 1. The van der Waals surface area contributed by atoms with Crippen LogP contribution in [0.1, 0.15) is 20.8 Å². The Balaban J connectivity index is 1.92. The van der Waals surface area contributed by atoms with Crippen molar-refractivity contribution in [1.82, 2.24) is 19.7 Å². The number of imidazole rings is 1. The second kappa shape index (κ2) is 8.62. The van der Waals surface area contributed by atoms with E-state index in [2.05, 4.69) is 15.0 Å². The predicted molar refractivity (Wildman–Crippen MR) is 100 cm³/mol. The number of aromatic nitrogens is 4. The third-order valence-electron chi connectivity index (χ3n) is 3.95. The Bertz CT molecular complexity index is 1040. The number of nitrogens with zero attached hydrogens (tertiary/aromatic N) is 3. The molecule has 13 nitrogen and oxygen atoms in total. The van der Waals surface area contributed by atoms with Gasteiger partial charge in [0, 0.05) is 20.8 Å². The molecule has 162 valence electrons. The molecule has 30 heavy (non-hydrogen) atoms. The van der Waals surface area contributed by atoms with E-state index in [1.54, 1.807) is 0 Å². The molecule has 4 atom stereocenters. The van der Waals surface area contributed by atoms with E-state index in [1.165, 1.54) is 31.8 Å². The van der Waals surface area contributed by atoms with E-state index in [1.807, 2.05) is 0 Å². The van der Waals surface area contributed by atoms with Crippen molar-refractivity contribution in [1.29, 1.82) is 0 Å². The Morgan fingerprint density at radius 1 is 1.20 bits per heavy atom. The summed E-state index contributed by atoms with van der Waals surface area (Å²) in [5, 5.41) is 0. The van der Waals surface area contributed by atoms with E-state index in [4.69, 9.17) is 41.7 Å². The summed E-state index contributed by atoms with van der Waals surface area (Å²) in [6, 6.07) is 0. The monoisotopic (exact) mass is 441 g/mol. The van der Waals surface area contributed by atoms with E-state index in [-0.39, 0.29) is 22.8 Å². The largest absolute Gasteiger partial charge is 0.463 e. The van der Waals surface area contributed by atoms with Gasteiger partial charge in [0.2, 0.25) is 12.1 Å². The summed E-state index contributed by atoms with van der Waals surface area (Å²) in [6.45, 7) is 3.32. The van der Waals surface area contributed by atoms with Crippen molar-refractivity contribution in [2.24, 2.45) is 0 Å². The molecule has 2 aromatic heterocycles. The number of hydrogen-bond donors (Lipinski definition) is 2. The van der Waals surface area contributed by atoms with Gasteiger partial charge in [0.05, 0.1) is 0 Å². The number of nitrogens with one attached hydrogen (secondary N) is 1. The molecule has 0 spiro atoms. The van der Waals surface area contributed by atoms with Crippen molar-refractivity contribution in [3.8, 4) is 0 Å². The molecule has 0 amide bonds. The molecule has 3 heterocycles. The zero-order valence-corrected chi connectivity index (χ0v) is 17.0. The van der Waals surface area contributed by atoms with Gasteiger partial charge in [-0.3, -0.25) is 14.4 Å². The van der Waals surface area contributed by atoms with Crippen LogP contribution < -0.4 is 10.6 Å². The molecule has 3 rings (SSSR count). The average molecular weight is 441 g/mol. The van der Waals surface area contributed by atoms with Gasteiger partial charge in [-0.1, -0.05) is 12.2 Å². The Morgan fingerprint density at radius 3 is 2.50 bits per heavy atom. The summed E-state index contributed by atoms with van der Waals surface area (Å²) in [7, 11) is 0. The summed E-state index contributed by atoms with van der Waals surface area (Å²) in [5.41, 5.74) is 6.28. The molecule has 0 saturated carbocycles. The Labute approximate surface area is 174 Å². The van der Waals surface area contributed by atoms with Crippen LogP contribution in [-0.2, 0) is 33.3 Å². The van der Waals surface area contributed by atoms with Crippen LogP contribution in [0.5, 0.6) is 0 Å². The van der Waals surface area contributed by atoms with Gasteiger partial charge < -0.3 is 34.5 Å². The second-order valence-corrected chi connectivity index (χ2v) is 6.68. The van der Waals surface area contributed by atoms with Crippen molar-refractivity contribution in [2.45, 2.75) is 45.4 Å². The van der Waals surface area contributed by atoms with Gasteiger partial charge in [-0.2, -0.15) is 4.73 Å². The highest BCUT2D eigenvalue weighted by Crippen LogP contribution is 2.28. The quantitative estimate of drug-likeness (QED) is 0.340. The maximum atomic E-state index is 11.6. The Morgan fingerprint density at radius 2 is 1.87 bits per heavy atom. The first-order chi connectivity index (χ1) is 14.2. The van der Waals surface area contributed by atoms with Gasteiger partial charge in [0.15, 0.2) is 16.4 Å². The number of H-pyrrole nitrogens is 1. The minimum absolute atomic E-state index is 0.0345. The number of nitrogens with two attached hydrogens (primary N) is 1. The lowest BCUT2D eigenvalue weighted by atomic mass is 10.1. The van der Waals surface area contributed by atoms with Crippen LogP contribution >= 0.6 is 12.2 Å². The maximum Gasteiger partial charge on any atom is 0.303 e. The van der Waals surface area contributed by atoms with E-state index < -0.39 is 42.5 Å². The number of rotatable bonds is 6. The molecular formula is C16H19N5O8S. The van der Waals surface area contributed by atoms with Crippen LogP contribution in [0.3, 0.4) is 0 Å². The molecule has 1 aliphatic rings. The third kappa shape index (κ3) is 4.65. The Hall–Kier alpha value is -3.26. The summed E-state index contributed by atoms with van der Waals surface area (Å²) in [4.78, 5) is 50.9.